The molecule has 1 aliphatic carbocycles. The van der Waals surface area contributed by atoms with Crippen molar-refractivity contribution >= 4 is 17.5 Å². The van der Waals surface area contributed by atoms with Crippen molar-refractivity contribution < 1.29 is 4.79 Å². The van der Waals surface area contributed by atoms with E-state index >= 15 is 0 Å². The molecule has 0 aromatic carbocycles. The summed E-state index contributed by atoms with van der Waals surface area (Å²) in [4.78, 5) is 14.8. The molecule has 34 heavy (non-hydrogen) atoms. The monoisotopic (exact) mass is 496 g/mol. The van der Waals surface area contributed by atoms with E-state index in [0.29, 0.717) is 5.88 Å². The summed E-state index contributed by atoms with van der Waals surface area (Å²) >= 11 is 5.80. The summed E-state index contributed by atoms with van der Waals surface area (Å²) < 4.78 is 0. The van der Waals surface area contributed by atoms with Gasteiger partial charge in [-0.15, -0.1) is 11.6 Å². The van der Waals surface area contributed by atoms with Gasteiger partial charge in [-0.05, 0) is 31.6 Å². The van der Waals surface area contributed by atoms with Gasteiger partial charge in [-0.3, -0.25) is 4.79 Å². The Labute approximate surface area is 217 Å². The van der Waals surface area contributed by atoms with Crippen molar-refractivity contribution in [2.24, 2.45) is 17.6 Å². The molecule has 1 aliphatic rings. The average molecular weight is 497 g/mol. The van der Waals surface area contributed by atoms with Crippen LogP contribution in [-0.4, -0.2) is 36.3 Å². The highest BCUT2D eigenvalue weighted by atomic mass is 35.5. The van der Waals surface area contributed by atoms with Gasteiger partial charge < -0.3 is 10.6 Å². The Morgan fingerprint density at radius 3 is 1.79 bits per heavy atom. The van der Waals surface area contributed by atoms with Crippen LogP contribution in [0.15, 0.2) is 12.2 Å². The van der Waals surface area contributed by atoms with Crippen molar-refractivity contribution in [3.05, 3.63) is 12.2 Å². The number of nitrogens with zero attached hydrogens (tertiary/aromatic N) is 1. The molecule has 0 bridgehead atoms. The van der Waals surface area contributed by atoms with Crippen molar-refractivity contribution in [1.82, 2.24) is 4.90 Å². The van der Waals surface area contributed by atoms with E-state index < -0.39 is 0 Å². The van der Waals surface area contributed by atoms with Gasteiger partial charge in [-0.2, -0.15) is 0 Å². The zero-order chi connectivity index (χ0) is 24.9. The van der Waals surface area contributed by atoms with Gasteiger partial charge in [-0.1, -0.05) is 122 Å². The van der Waals surface area contributed by atoms with Crippen LogP contribution in [0, 0.1) is 11.8 Å². The van der Waals surface area contributed by atoms with Crippen LogP contribution in [-0.2, 0) is 4.79 Å². The van der Waals surface area contributed by atoms with Crippen molar-refractivity contribution in [1.29, 1.82) is 0 Å². The third-order valence-electron chi connectivity index (χ3n) is 7.74. The highest BCUT2D eigenvalue weighted by Gasteiger charge is 2.34. The quantitative estimate of drug-likeness (QED) is 0.0925. The third-order valence-corrected chi connectivity index (χ3v) is 8.01. The van der Waals surface area contributed by atoms with Crippen molar-refractivity contribution in [2.75, 3.05) is 19.5 Å². The van der Waals surface area contributed by atoms with E-state index in [9.17, 15) is 4.79 Å². The highest BCUT2D eigenvalue weighted by molar-refractivity contribution is 6.17. The lowest BCUT2D eigenvalue weighted by molar-refractivity contribution is -0.136. The minimum absolute atomic E-state index is 0.0429. The van der Waals surface area contributed by atoms with Crippen molar-refractivity contribution in [2.45, 2.75) is 141 Å². The summed E-state index contributed by atoms with van der Waals surface area (Å²) in [6.07, 6.45) is 30.3. The summed E-state index contributed by atoms with van der Waals surface area (Å²) in [5.41, 5.74) is 6.61. The van der Waals surface area contributed by atoms with E-state index in [1.165, 1.54) is 103 Å². The predicted octanol–water partition coefficient (Wildman–Crippen LogP) is 8.64. The number of halogens is 1. The predicted molar refractivity (Wildman–Crippen MR) is 150 cm³/mol. The largest absolute Gasteiger partial charge is 0.345 e. The molecule has 0 aromatic heterocycles. The van der Waals surface area contributed by atoms with Crippen molar-refractivity contribution in [3.63, 3.8) is 0 Å². The van der Waals surface area contributed by atoms with E-state index in [0.717, 1.165) is 32.2 Å². The molecule has 0 aliphatic heterocycles. The Balaban J connectivity index is 2.03. The minimum atomic E-state index is 0.0429. The van der Waals surface area contributed by atoms with Gasteiger partial charge in [0.15, 0.2) is 0 Å². The number of carbonyl (C=O) groups excluding carboxylic acids is 1. The van der Waals surface area contributed by atoms with E-state index in [-0.39, 0.29) is 23.8 Å². The molecule has 3 unspecified atom stereocenters. The molecule has 0 fully saturated rings. The molecule has 0 spiro atoms. The summed E-state index contributed by atoms with van der Waals surface area (Å²) in [5, 5.41) is 0. The van der Waals surface area contributed by atoms with E-state index in [2.05, 4.69) is 19.1 Å². The van der Waals surface area contributed by atoms with Gasteiger partial charge in [-0.25, -0.2) is 0 Å². The van der Waals surface area contributed by atoms with Crippen LogP contribution in [0.25, 0.3) is 0 Å². The van der Waals surface area contributed by atoms with Crippen LogP contribution in [0.1, 0.15) is 135 Å². The molecular weight excluding hydrogens is 440 g/mol. The Morgan fingerprint density at radius 2 is 1.29 bits per heavy atom. The maximum atomic E-state index is 12.9. The lowest BCUT2D eigenvalue weighted by Crippen LogP contribution is -2.44. The number of hydrogen-bond donors (Lipinski definition) is 1. The van der Waals surface area contributed by atoms with Crippen LogP contribution < -0.4 is 5.73 Å². The first kappa shape index (κ1) is 31.5. The number of amides is 1. The average Bonchev–Trinajstić information content (AvgIpc) is 2.86. The topological polar surface area (TPSA) is 46.3 Å². The molecule has 0 heterocycles. The maximum absolute atomic E-state index is 12.9. The molecule has 0 radical (unpaired) electrons. The molecule has 0 aromatic rings. The van der Waals surface area contributed by atoms with E-state index in [1.807, 2.05) is 11.9 Å². The lowest BCUT2D eigenvalue weighted by atomic mass is 9.76. The van der Waals surface area contributed by atoms with Gasteiger partial charge in [0.25, 0.3) is 0 Å². The molecule has 3 nitrogen and oxygen atoms in total. The summed E-state index contributed by atoms with van der Waals surface area (Å²) in [7, 11) is 1.91. The first-order chi connectivity index (χ1) is 16.6. The zero-order valence-electron chi connectivity index (χ0n) is 22.8. The van der Waals surface area contributed by atoms with Gasteiger partial charge >= 0.3 is 0 Å². The molecule has 0 saturated carbocycles. The molecule has 1 amide bonds. The lowest BCUT2D eigenvalue weighted by Gasteiger charge is -2.34. The number of hydrogen-bond acceptors (Lipinski definition) is 2. The summed E-state index contributed by atoms with van der Waals surface area (Å²) in [6.45, 7) is 3.03. The summed E-state index contributed by atoms with van der Waals surface area (Å²) in [5.74, 6) is 1.18. The van der Waals surface area contributed by atoms with E-state index in [1.54, 1.807) is 0 Å². The molecule has 0 saturated heterocycles. The fourth-order valence-corrected chi connectivity index (χ4v) is 5.54. The van der Waals surface area contributed by atoms with Gasteiger partial charge in [0, 0.05) is 31.4 Å². The van der Waals surface area contributed by atoms with Gasteiger partial charge in [0.1, 0.15) is 0 Å². The summed E-state index contributed by atoms with van der Waals surface area (Å²) in [6, 6.07) is 0.131. The second-order valence-corrected chi connectivity index (χ2v) is 11.1. The molecule has 1 rings (SSSR count). The minimum Gasteiger partial charge on any atom is -0.345 e. The first-order valence-corrected chi connectivity index (χ1v) is 15.4. The fourth-order valence-electron chi connectivity index (χ4n) is 5.42. The number of alkyl halides is 1. The molecule has 3 atom stereocenters. The Kier molecular flexibility index (Phi) is 20.1. The zero-order valence-corrected chi connectivity index (χ0v) is 23.5. The Bertz CT molecular complexity index is 510. The Morgan fingerprint density at radius 1 is 0.824 bits per heavy atom. The van der Waals surface area contributed by atoms with Crippen LogP contribution >= 0.6 is 11.6 Å². The van der Waals surface area contributed by atoms with Crippen LogP contribution in [0.4, 0.5) is 0 Å². The first-order valence-electron chi connectivity index (χ1n) is 14.8. The second-order valence-electron chi connectivity index (χ2n) is 10.8. The fraction of sp³-hybridized carbons (Fsp3) is 0.900. The molecular formula is C30H57ClN2O. The Hall–Kier alpha value is -0.540. The molecule has 4 heteroatoms. The van der Waals surface area contributed by atoms with Crippen molar-refractivity contribution in [3.8, 4) is 0 Å². The second kappa shape index (κ2) is 21.7. The standard InChI is InChI=1S/C30H57ClN2O/c1-3-4-5-6-7-8-9-10-11-12-13-14-15-16-17-18-24-29(32)27-22-19-20-23-28(27)30(34)33(2)26-21-25-31/h19-20,27-29H,3-18,21-26,32H2,1-2H3. The number of nitrogens with two attached hydrogens (primary N) is 1. The maximum Gasteiger partial charge on any atom is 0.226 e. The highest BCUT2D eigenvalue weighted by Crippen LogP contribution is 2.31. The van der Waals surface area contributed by atoms with Gasteiger partial charge in [0.2, 0.25) is 5.91 Å². The third kappa shape index (κ3) is 14.8. The van der Waals surface area contributed by atoms with Crippen LogP contribution in [0.3, 0.4) is 0 Å². The number of unbranched alkanes of at least 4 members (excludes halogenated alkanes) is 15. The normalized spacial score (nSPS) is 18.8. The number of rotatable bonds is 22. The SMILES string of the molecule is CCCCCCCCCCCCCCCCCCC(N)C1CC=CCC1C(=O)N(C)CCCCl. The molecule has 200 valence electrons. The van der Waals surface area contributed by atoms with E-state index in [4.69, 9.17) is 17.3 Å². The van der Waals surface area contributed by atoms with Crippen LogP contribution in [0.2, 0.25) is 0 Å². The van der Waals surface area contributed by atoms with Crippen LogP contribution in [0.5, 0.6) is 0 Å². The molecule has 2 N–H and O–H groups in total. The smallest absolute Gasteiger partial charge is 0.226 e. The van der Waals surface area contributed by atoms with Gasteiger partial charge in [0.05, 0.1) is 0 Å². The number of carbonyl (C=O) groups is 1. The number of allylic oxidation sites excluding steroid dienone is 2.